The highest BCUT2D eigenvalue weighted by molar-refractivity contribution is 7.99. The Bertz CT molecular complexity index is 538. The molecular weight excluding hydrogens is 234 g/mol. The highest BCUT2D eigenvalue weighted by atomic mass is 32.2. The highest BCUT2D eigenvalue weighted by Gasteiger charge is 2.05. The molecule has 0 amide bonds. The number of phenolic OH excluding ortho intramolecular Hbond substituents is 1. The van der Waals surface area contributed by atoms with Crippen molar-refractivity contribution >= 4 is 18.0 Å². The van der Waals surface area contributed by atoms with E-state index in [2.05, 4.69) is 4.98 Å². The third-order valence-corrected chi connectivity index (χ3v) is 3.30. The normalized spacial score (nSPS) is 10.2. The fourth-order valence-corrected chi connectivity index (χ4v) is 2.34. The minimum absolute atomic E-state index is 0.232. The molecule has 17 heavy (non-hydrogen) atoms. The molecule has 2 rings (SSSR count). The van der Waals surface area contributed by atoms with Crippen LogP contribution in [0.25, 0.3) is 0 Å². The largest absolute Gasteiger partial charge is 0.508 e. The number of phenols is 1. The van der Waals surface area contributed by atoms with Crippen molar-refractivity contribution in [1.82, 2.24) is 4.98 Å². The summed E-state index contributed by atoms with van der Waals surface area (Å²) in [6.45, 7) is 1.88. The van der Waals surface area contributed by atoms with Crippen LogP contribution in [0.5, 0.6) is 5.75 Å². The van der Waals surface area contributed by atoms with Gasteiger partial charge in [-0.15, -0.1) is 0 Å². The van der Waals surface area contributed by atoms with E-state index in [1.54, 1.807) is 18.3 Å². The lowest BCUT2D eigenvalue weighted by Gasteiger charge is -2.05. The van der Waals surface area contributed by atoms with Crippen molar-refractivity contribution in [2.75, 3.05) is 0 Å². The van der Waals surface area contributed by atoms with Crippen LogP contribution in [0.2, 0.25) is 0 Å². The van der Waals surface area contributed by atoms with Crippen molar-refractivity contribution in [3.8, 4) is 5.75 Å². The Balaban J connectivity index is 2.31. The Hall–Kier alpha value is -1.81. The van der Waals surface area contributed by atoms with Crippen molar-refractivity contribution in [3.05, 3.63) is 47.8 Å². The molecule has 0 radical (unpaired) electrons. The molecule has 0 aliphatic rings. The summed E-state index contributed by atoms with van der Waals surface area (Å²) in [6.07, 6.45) is 2.38. The number of aryl methyl sites for hydroxylation is 1. The Morgan fingerprint density at radius 1 is 1.29 bits per heavy atom. The minimum atomic E-state index is 0.232. The summed E-state index contributed by atoms with van der Waals surface area (Å²) >= 11 is 1.48. The van der Waals surface area contributed by atoms with E-state index in [4.69, 9.17) is 0 Å². The van der Waals surface area contributed by atoms with Gasteiger partial charge in [0.1, 0.15) is 5.75 Å². The summed E-state index contributed by atoms with van der Waals surface area (Å²) in [5.41, 5.74) is 1.45. The van der Waals surface area contributed by atoms with Crippen molar-refractivity contribution < 1.29 is 9.90 Å². The second kappa shape index (κ2) is 5.01. The van der Waals surface area contributed by atoms with E-state index in [1.807, 2.05) is 25.1 Å². The summed E-state index contributed by atoms with van der Waals surface area (Å²) < 4.78 is 0. The maximum atomic E-state index is 10.9. The lowest BCUT2D eigenvalue weighted by atomic mass is 10.3. The molecule has 0 unspecified atom stereocenters. The monoisotopic (exact) mass is 245 g/mol. The van der Waals surface area contributed by atoms with Crippen molar-refractivity contribution in [3.63, 3.8) is 0 Å². The molecule has 1 N–H and O–H groups in total. The van der Waals surface area contributed by atoms with Crippen LogP contribution in [-0.4, -0.2) is 16.4 Å². The van der Waals surface area contributed by atoms with E-state index >= 15 is 0 Å². The van der Waals surface area contributed by atoms with Gasteiger partial charge in [-0.2, -0.15) is 0 Å². The molecule has 0 aliphatic heterocycles. The third-order valence-electron chi connectivity index (χ3n) is 2.22. The van der Waals surface area contributed by atoms with Gasteiger partial charge in [0.25, 0.3) is 0 Å². The first kappa shape index (κ1) is 11.7. The van der Waals surface area contributed by atoms with Crippen molar-refractivity contribution in [2.45, 2.75) is 16.7 Å². The molecule has 4 heteroatoms. The van der Waals surface area contributed by atoms with Crippen LogP contribution in [-0.2, 0) is 0 Å². The molecule has 1 heterocycles. The standard InChI is InChI=1S/C13H11NO2S/c1-9-6-13(10(8-15)7-14-9)17-12-4-2-11(16)3-5-12/h2-8,16H,1H3. The predicted octanol–water partition coefficient (Wildman–Crippen LogP) is 3.06. The number of rotatable bonds is 3. The summed E-state index contributed by atoms with van der Waals surface area (Å²) in [4.78, 5) is 16.8. The smallest absolute Gasteiger partial charge is 0.152 e. The van der Waals surface area contributed by atoms with Crippen molar-refractivity contribution in [2.24, 2.45) is 0 Å². The molecule has 0 saturated heterocycles. The summed E-state index contributed by atoms with van der Waals surface area (Å²) in [6, 6.07) is 8.74. The molecule has 0 fully saturated rings. The Morgan fingerprint density at radius 3 is 2.65 bits per heavy atom. The van der Waals surface area contributed by atoms with E-state index in [9.17, 15) is 9.90 Å². The number of benzene rings is 1. The Kier molecular flexibility index (Phi) is 3.44. The van der Waals surface area contributed by atoms with Crippen LogP contribution in [0.4, 0.5) is 0 Å². The second-order valence-corrected chi connectivity index (χ2v) is 4.69. The van der Waals surface area contributed by atoms with Gasteiger partial charge in [0.15, 0.2) is 6.29 Å². The average molecular weight is 245 g/mol. The van der Waals surface area contributed by atoms with E-state index < -0.39 is 0 Å². The molecule has 0 aliphatic carbocycles. The van der Waals surface area contributed by atoms with Gasteiger partial charge in [0, 0.05) is 27.2 Å². The molecule has 0 saturated carbocycles. The second-order valence-electron chi connectivity index (χ2n) is 3.58. The molecule has 0 spiro atoms. The summed E-state index contributed by atoms with van der Waals surface area (Å²) in [7, 11) is 0. The van der Waals surface area contributed by atoms with Crippen LogP contribution < -0.4 is 0 Å². The van der Waals surface area contributed by atoms with Crippen LogP contribution in [0.3, 0.4) is 0 Å². The van der Waals surface area contributed by atoms with Crippen LogP contribution >= 0.6 is 11.8 Å². The zero-order valence-corrected chi connectivity index (χ0v) is 10.1. The van der Waals surface area contributed by atoms with Gasteiger partial charge in [0.2, 0.25) is 0 Å². The van der Waals surface area contributed by atoms with Gasteiger partial charge in [-0.25, -0.2) is 0 Å². The van der Waals surface area contributed by atoms with E-state index in [0.29, 0.717) is 5.56 Å². The zero-order valence-electron chi connectivity index (χ0n) is 9.25. The quantitative estimate of drug-likeness (QED) is 0.844. The predicted molar refractivity (Wildman–Crippen MR) is 66.6 cm³/mol. The van der Waals surface area contributed by atoms with Gasteiger partial charge in [-0.1, -0.05) is 11.8 Å². The molecule has 0 atom stereocenters. The number of carbonyl (C=O) groups excluding carboxylic acids is 1. The molecular formula is C13H11NO2S. The fourth-order valence-electron chi connectivity index (χ4n) is 1.36. The van der Waals surface area contributed by atoms with Crippen LogP contribution in [0, 0.1) is 6.92 Å². The number of hydrogen-bond acceptors (Lipinski definition) is 4. The highest BCUT2D eigenvalue weighted by Crippen LogP contribution is 2.30. The van der Waals surface area contributed by atoms with E-state index in [1.165, 1.54) is 11.8 Å². The number of aromatic hydroxyl groups is 1. The van der Waals surface area contributed by atoms with Gasteiger partial charge in [-0.3, -0.25) is 9.78 Å². The number of nitrogens with zero attached hydrogens (tertiary/aromatic N) is 1. The maximum absolute atomic E-state index is 10.9. The van der Waals surface area contributed by atoms with Gasteiger partial charge < -0.3 is 5.11 Å². The zero-order chi connectivity index (χ0) is 12.3. The molecule has 0 bridgehead atoms. The van der Waals surface area contributed by atoms with Crippen LogP contribution in [0.15, 0.2) is 46.3 Å². The molecule has 3 nitrogen and oxygen atoms in total. The van der Waals surface area contributed by atoms with E-state index in [0.717, 1.165) is 21.8 Å². The summed E-state index contributed by atoms with van der Waals surface area (Å²) in [5.74, 6) is 0.232. The molecule has 1 aromatic carbocycles. The van der Waals surface area contributed by atoms with Gasteiger partial charge in [0.05, 0.1) is 0 Å². The third kappa shape index (κ3) is 2.85. The first-order valence-corrected chi connectivity index (χ1v) is 5.89. The Morgan fingerprint density at radius 2 is 2.00 bits per heavy atom. The molecule has 2 aromatic rings. The fraction of sp³-hybridized carbons (Fsp3) is 0.0769. The lowest BCUT2D eigenvalue weighted by molar-refractivity contribution is 0.112. The van der Waals surface area contributed by atoms with Crippen molar-refractivity contribution in [1.29, 1.82) is 0 Å². The number of aldehydes is 1. The SMILES string of the molecule is Cc1cc(Sc2ccc(O)cc2)c(C=O)cn1. The maximum Gasteiger partial charge on any atom is 0.152 e. The first-order valence-electron chi connectivity index (χ1n) is 5.08. The number of carbonyl (C=O) groups is 1. The number of hydrogen-bond donors (Lipinski definition) is 1. The average Bonchev–Trinajstić information content (AvgIpc) is 2.32. The van der Waals surface area contributed by atoms with Crippen LogP contribution in [0.1, 0.15) is 16.1 Å². The minimum Gasteiger partial charge on any atom is -0.508 e. The lowest BCUT2D eigenvalue weighted by Crippen LogP contribution is -1.89. The Labute approximate surface area is 104 Å². The van der Waals surface area contributed by atoms with E-state index in [-0.39, 0.29) is 5.75 Å². The first-order chi connectivity index (χ1) is 8.19. The van der Waals surface area contributed by atoms with Gasteiger partial charge >= 0.3 is 0 Å². The summed E-state index contributed by atoms with van der Waals surface area (Å²) in [5, 5.41) is 9.19. The molecule has 1 aromatic heterocycles. The number of aromatic nitrogens is 1. The van der Waals surface area contributed by atoms with Gasteiger partial charge in [-0.05, 0) is 37.3 Å². The number of pyridine rings is 1. The topological polar surface area (TPSA) is 50.2 Å². The molecule has 86 valence electrons.